The van der Waals surface area contributed by atoms with Crippen molar-refractivity contribution in [2.75, 3.05) is 0 Å². The van der Waals surface area contributed by atoms with Crippen LogP contribution in [-0.2, 0) is 0 Å². The molecular formula is C11H26. The van der Waals surface area contributed by atoms with E-state index in [0.29, 0.717) is 0 Å². The molecule has 0 aromatic rings. The predicted octanol–water partition coefficient (Wildman–Crippen LogP) is 4.35. The molecule has 0 bridgehead atoms. The summed E-state index contributed by atoms with van der Waals surface area (Å²) in [4.78, 5) is 0. The summed E-state index contributed by atoms with van der Waals surface area (Å²) >= 11 is 0. The Labute approximate surface area is 74.4 Å². The number of terminal acetylenes is 1. The van der Waals surface area contributed by atoms with Gasteiger partial charge >= 0.3 is 0 Å². The van der Waals surface area contributed by atoms with Crippen LogP contribution in [0.1, 0.15) is 54.9 Å². The monoisotopic (exact) mass is 158 g/mol. The first-order valence-electron chi connectivity index (χ1n) is 4.48. The molecule has 0 heterocycles. The predicted molar refractivity (Wildman–Crippen MR) is 57.7 cm³/mol. The van der Waals surface area contributed by atoms with Gasteiger partial charge in [0.2, 0.25) is 0 Å². The molecule has 0 amide bonds. The van der Waals surface area contributed by atoms with Crippen molar-refractivity contribution in [2.45, 2.75) is 54.9 Å². The van der Waals surface area contributed by atoms with E-state index in [1.807, 2.05) is 13.8 Å². The average molecular weight is 158 g/mol. The number of hydrogen-bond donors (Lipinski definition) is 0. The van der Waals surface area contributed by atoms with Crippen LogP contribution in [0.4, 0.5) is 0 Å². The summed E-state index contributed by atoms with van der Waals surface area (Å²) in [5.74, 6) is 0.833. The zero-order valence-electron chi connectivity index (χ0n) is 9.44. The lowest BCUT2D eigenvalue weighted by Gasteiger charge is -1.79. The van der Waals surface area contributed by atoms with Crippen LogP contribution in [0.5, 0.6) is 0 Å². The summed E-state index contributed by atoms with van der Waals surface area (Å²) in [7, 11) is 0. The maximum absolute atomic E-state index is 4.00. The maximum Gasteiger partial charge on any atom is -0.0500 e. The smallest absolute Gasteiger partial charge is 0.0500 e. The normalized spacial score (nSPS) is 5.64. The molecule has 0 aromatic heterocycles. The largest absolute Gasteiger partial charge is 0.124 e. The fourth-order valence-corrected chi connectivity index (χ4v) is 0. The molecule has 0 nitrogen and oxygen atoms in total. The lowest BCUT2D eigenvalue weighted by Crippen LogP contribution is -1.66. The summed E-state index contributed by atoms with van der Waals surface area (Å²) in [5, 5.41) is 0. The van der Waals surface area contributed by atoms with Gasteiger partial charge < -0.3 is 0 Å². The summed E-state index contributed by atoms with van der Waals surface area (Å²) in [6.45, 7) is 14.7. The first-order valence-corrected chi connectivity index (χ1v) is 4.48. The molecule has 0 unspecified atom stereocenters. The molecule has 0 fully saturated rings. The Morgan fingerprint density at radius 3 is 0.909 bits per heavy atom. The fourth-order valence-electron chi connectivity index (χ4n) is 0. The van der Waals surface area contributed by atoms with Gasteiger partial charge in [0.15, 0.2) is 0 Å². The molecule has 0 saturated heterocycles. The van der Waals surface area contributed by atoms with Crippen LogP contribution in [0.3, 0.4) is 0 Å². The average Bonchev–Trinajstić information content (AvgIpc) is 1.96. The Bertz CT molecular complexity index is 29.8. The van der Waals surface area contributed by atoms with E-state index in [0.717, 1.165) is 5.92 Å². The molecule has 0 radical (unpaired) electrons. The molecule has 70 valence electrons. The first-order chi connectivity index (χ1) is 5.15. The Hall–Kier alpha value is -0.440. The van der Waals surface area contributed by atoms with Gasteiger partial charge in [0.25, 0.3) is 0 Å². The summed E-state index contributed by atoms with van der Waals surface area (Å²) in [6, 6.07) is 0. The van der Waals surface area contributed by atoms with Gasteiger partial charge in [0.05, 0.1) is 0 Å². The SMILES string of the molecule is C#C.CC.CC(C)C.CCC. The van der Waals surface area contributed by atoms with E-state index in [1.54, 1.807) is 0 Å². The van der Waals surface area contributed by atoms with Crippen molar-refractivity contribution >= 4 is 0 Å². The van der Waals surface area contributed by atoms with E-state index in [1.165, 1.54) is 6.42 Å². The third kappa shape index (κ3) is 2820. The number of rotatable bonds is 0. The van der Waals surface area contributed by atoms with Gasteiger partial charge in [-0.3, -0.25) is 0 Å². The lowest BCUT2D eigenvalue weighted by atomic mass is 10.3. The summed E-state index contributed by atoms with van der Waals surface area (Å²) < 4.78 is 0. The van der Waals surface area contributed by atoms with Crippen molar-refractivity contribution in [1.29, 1.82) is 0 Å². The Balaban J connectivity index is -0.0000000315. The third-order valence-corrected chi connectivity index (χ3v) is 0. The quantitative estimate of drug-likeness (QED) is 0.460. The maximum atomic E-state index is 4.00. The van der Waals surface area contributed by atoms with Gasteiger partial charge in [-0.2, -0.15) is 0 Å². The zero-order chi connectivity index (χ0) is 10.3. The third-order valence-electron chi connectivity index (χ3n) is 0. The van der Waals surface area contributed by atoms with Gasteiger partial charge in [-0.25, -0.2) is 0 Å². The minimum absolute atomic E-state index is 0.833. The Morgan fingerprint density at radius 1 is 0.909 bits per heavy atom. The van der Waals surface area contributed by atoms with E-state index in [4.69, 9.17) is 0 Å². The van der Waals surface area contributed by atoms with Gasteiger partial charge in [-0.1, -0.05) is 54.9 Å². The molecule has 0 aliphatic carbocycles. The number of hydrogen-bond acceptors (Lipinski definition) is 0. The summed E-state index contributed by atoms with van der Waals surface area (Å²) in [5.41, 5.74) is 0. The fraction of sp³-hybridized carbons (Fsp3) is 0.818. The van der Waals surface area contributed by atoms with Crippen LogP contribution in [0, 0.1) is 18.8 Å². The summed E-state index contributed by atoms with van der Waals surface area (Å²) in [6.07, 6.45) is 9.25. The molecule has 0 spiro atoms. The molecule has 0 rings (SSSR count). The second-order valence-corrected chi connectivity index (χ2v) is 2.44. The van der Waals surface area contributed by atoms with E-state index >= 15 is 0 Å². The van der Waals surface area contributed by atoms with Crippen LogP contribution in [-0.4, -0.2) is 0 Å². The van der Waals surface area contributed by atoms with Gasteiger partial charge in [0, 0.05) is 0 Å². The van der Waals surface area contributed by atoms with Gasteiger partial charge in [-0.05, 0) is 5.92 Å². The van der Waals surface area contributed by atoms with Crippen molar-refractivity contribution in [3.8, 4) is 12.8 Å². The molecular weight excluding hydrogens is 132 g/mol. The highest BCUT2D eigenvalue weighted by Crippen LogP contribution is 1.81. The molecule has 0 aliphatic heterocycles. The van der Waals surface area contributed by atoms with Crippen molar-refractivity contribution in [1.82, 2.24) is 0 Å². The van der Waals surface area contributed by atoms with Gasteiger partial charge in [0.1, 0.15) is 0 Å². The van der Waals surface area contributed by atoms with Crippen LogP contribution in [0.15, 0.2) is 0 Å². The minimum Gasteiger partial charge on any atom is -0.124 e. The zero-order valence-corrected chi connectivity index (χ0v) is 9.44. The van der Waals surface area contributed by atoms with E-state index in [-0.39, 0.29) is 0 Å². The highest BCUT2D eigenvalue weighted by Gasteiger charge is 1.68. The van der Waals surface area contributed by atoms with Crippen molar-refractivity contribution in [3.05, 3.63) is 0 Å². The van der Waals surface area contributed by atoms with Crippen LogP contribution < -0.4 is 0 Å². The van der Waals surface area contributed by atoms with E-state index in [2.05, 4.69) is 47.5 Å². The Morgan fingerprint density at radius 2 is 0.909 bits per heavy atom. The van der Waals surface area contributed by atoms with Crippen molar-refractivity contribution < 1.29 is 0 Å². The molecule has 0 atom stereocenters. The van der Waals surface area contributed by atoms with E-state index in [9.17, 15) is 0 Å². The molecule has 0 N–H and O–H groups in total. The second kappa shape index (κ2) is 55.3. The standard InChI is InChI=1S/C4H10.C3H8.C2H6.C2H2/c1-4(2)3;1-3-2;2*1-2/h4H,1-3H3;3H2,1-2H3;1-2H3;1-2H. The molecule has 0 heteroatoms. The second-order valence-electron chi connectivity index (χ2n) is 2.44. The molecule has 11 heavy (non-hydrogen) atoms. The molecule has 0 saturated carbocycles. The van der Waals surface area contributed by atoms with Crippen molar-refractivity contribution in [3.63, 3.8) is 0 Å². The van der Waals surface area contributed by atoms with Crippen LogP contribution >= 0.6 is 0 Å². The van der Waals surface area contributed by atoms with Crippen molar-refractivity contribution in [2.24, 2.45) is 5.92 Å². The minimum atomic E-state index is 0.833. The highest BCUT2D eigenvalue weighted by molar-refractivity contribution is 4.47. The van der Waals surface area contributed by atoms with E-state index < -0.39 is 0 Å². The van der Waals surface area contributed by atoms with Crippen LogP contribution in [0.2, 0.25) is 0 Å². The topological polar surface area (TPSA) is 0 Å². The molecule has 0 aromatic carbocycles. The van der Waals surface area contributed by atoms with Gasteiger partial charge in [-0.15, -0.1) is 12.8 Å². The van der Waals surface area contributed by atoms with Crippen LogP contribution in [0.25, 0.3) is 0 Å². The Kier molecular flexibility index (Phi) is 113. The highest BCUT2D eigenvalue weighted by atomic mass is 13.7. The molecule has 0 aliphatic rings. The first kappa shape index (κ1) is 22.4. The lowest BCUT2D eigenvalue weighted by molar-refractivity contribution is 0.737.